The lowest BCUT2D eigenvalue weighted by molar-refractivity contribution is -0.146. The van der Waals surface area contributed by atoms with Crippen LogP contribution >= 0.6 is 0 Å². The van der Waals surface area contributed by atoms with Gasteiger partial charge in [-0.15, -0.1) is 0 Å². The highest BCUT2D eigenvalue weighted by Crippen LogP contribution is 2.11. The molecule has 21 heavy (non-hydrogen) atoms. The molecule has 0 fully saturated rings. The van der Waals surface area contributed by atoms with Crippen LogP contribution in [0.5, 0.6) is 0 Å². The van der Waals surface area contributed by atoms with Gasteiger partial charge in [0.25, 0.3) is 0 Å². The van der Waals surface area contributed by atoms with Crippen LogP contribution in [0.15, 0.2) is 0 Å². The predicted octanol–water partition coefficient (Wildman–Crippen LogP) is 3.76. The molecule has 0 saturated carbocycles. The summed E-state index contributed by atoms with van der Waals surface area (Å²) in [5.41, 5.74) is 5.09. The minimum Gasteiger partial charge on any atom is -0.457 e. The molecule has 4 heteroatoms. The first kappa shape index (κ1) is 20.1. The molecule has 0 rings (SSSR count). The number of nitrogens with two attached hydrogens (primary N) is 1. The Morgan fingerprint density at radius 3 is 1.76 bits per heavy atom. The largest absolute Gasteiger partial charge is 0.457 e. The number of hydrogen-bond acceptors (Lipinski definition) is 4. The highest BCUT2D eigenvalue weighted by Gasteiger charge is 2.05. The Morgan fingerprint density at radius 2 is 1.29 bits per heavy atom. The van der Waals surface area contributed by atoms with Crippen molar-refractivity contribution in [3.8, 4) is 0 Å². The van der Waals surface area contributed by atoms with Crippen molar-refractivity contribution < 1.29 is 14.3 Å². The van der Waals surface area contributed by atoms with E-state index >= 15 is 0 Å². The number of hydrogen-bond donors (Lipinski definition) is 1. The van der Waals surface area contributed by atoms with E-state index in [-0.39, 0.29) is 18.9 Å². The smallest absolute Gasteiger partial charge is 0.320 e. The molecule has 0 radical (unpaired) electrons. The van der Waals surface area contributed by atoms with E-state index in [1.165, 1.54) is 57.8 Å². The van der Waals surface area contributed by atoms with Crippen LogP contribution in [0, 0.1) is 0 Å². The maximum atomic E-state index is 11.4. The van der Waals surface area contributed by atoms with Crippen molar-refractivity contribution in [2.75, 3.05) is 13.2 Å². The first-order chi connectivity index (χ1) is 10.2. The van der Waals surface area contributed by atoms with E-state index < -0.39 is 5.97 Å². The number of carbonyl (C=O) groups excluding carboxylic acids is 2. The predicted molar refractivity (Wildman–Crippen MR) is 86.1 cm³/mol. The van der Waals surface area contributed by atoms with Crippen molar-refractivity contribution in [1.82, 2.24) is 0 Å². The molecule has 0 aliphatic rings. The van der Waals surface area contributed by atoms with Gasteiger partial charge in [0.1, 0.15) is 6.61 Å². The standard InChI is InChI=1S/C17H33NO3/c1-2-3-4-5-6-7-8-9-10-11-12-13-16(19)15-21-17(20)14-18/h2-15,18H2,1H3. The monoisotopic (exact) mass is 299 g/mol. The van der Waals surface area contributed by atoms with E-state index in [0.29, 0.717) is 6.42 Å². The summed E-state index contributed by atoms with van der Waals surface area (Å²) in [7, 11) is 0. The van der Waals surface area contributed by atoms with E-state index in [0.717, 1.165) is 12.8 Å². The third-order valence-electron chi connectivity index (χ3n) is 3.62. The van der Waals surface area contributed by atoms with Crippen molar-refractivity contribution in [1.29, 1.82) is 0 Å². The Morgan fingerprint density at radius 1 is 0.810 bits per heavy atom. The van der Waals surface area contributed by atoms with Gasteiger partial charge in [-0.05, 0) is 6.42 Å². The fraction of sp³-hybridized carbons (Fsp3) is 0.882. The maximum Gasteiger partial charge on any atom is 0.320 e. The number of carbonyl (C=O) groups is 2. The van der Waals surface area contributed by atoms with Crippen LogP contribution in [-0.2, 0) is 14.3 Å². The van der Waals surface area contributed by atoms with E-state index in [2.05, 4.69) is 11.7 Å². The molecule has 0 aromatic rings. The molecule has 124 valence electrons. The zero-order chi connectivity index (χ0) is 15.8. The molecule has 0 aromatic heterocycles. The van der Waals surface area contributed by atoms with Gasteiger partial charge in [0.05, 0.1) is 6.54 Å². The van der Waals surface area contributed by atoms with Crippen LogP contribution in [0.2, 0.25) is 0 Å². The van der Waals surface area contributed by atoms with E-state index in [9.17, 15) is 9.59 Å². The molecule has 0 spiro atoms. The number of unbranched alkanes of at least 4 members (excludes halogenated alkanes) is 10. The molecular formula is C17H33NO3. The molecule has 0 atom stereocenters. The average molecular weight is 299 g/mol. The average Bonchev–Trinajstić information content (AvgIpc) is 2.50. The molecule has 0 aromatic carbocycles. The Hall–Kier alpha value is -0.900. The second-order valence-corrected chi connectivity index (χ2v) is 5.69. The third-order valence-corrected chi connectivity index (χ3v) is 3.62. The lowest BCUT2D eigenvalue weighted by atomic mass is 10.0. The SMILES string of the molecule is CCCCCCCCCCCCCC(=O)COC(=O)CN. The summed E-state index contributed by atoms with van der Waals surface area (Å²) in [5.74, 6) is -0.519. The van der Waals surface area contributed by atoms with Crippen LogP contribution in [0.1, 0.15) is 84.0 Å². The van der Waals surface area contributed by atoms with Crippen molar-refractivity contribution >= 4 is 11.8 Å². The fourth-order valence-corrected chi connectivity index (χ4v) is 2.28. The minimum absolute atomic E-state index is 0.00674. The zero-order valence-corrected chi connectivity index (χ0v) is 13.7. The van der Waals surface area contributed by atoms with Gasteiger partial charge >= 0.3 is 5.97 Å². The molecule has 0 saturated heterocycles. The summed E-state index contributed by atoms with van der Waals surface area (Å²) < 4.78 is 4.69. The van der Waals surface area contributed by atoms with Crippen molar-refractivity contribution in [3.05, 3.63) is 0 Å². The van der Waals surface area contributed by atoms with Gasteiger partial charge < -0.3 is 10.5 Å². The number of ketones is 1. The summed E-state index contributed by atoms with van der Waals surface area (Å²) in [5, 5.41) is 0. The molecule has 0 amide bonds. The summed E-state index contributed by atoms with van der Waals surface area (Å²) >= 11 is 0. The van der Waals surface area contributed by atoms with Crippen LogP contribution in [0.4, 0.5) is 0 Å². The highest BCUT2D eigenvalue weighted by atomic mass is 16.5. The molecule has 2 N–H and O–H groups in total. The second kappa shape index (κ2) is 15.5. The first-order valence-electron chi connectivity index (χ1n) is 8.58. The third kappa shape index (κ3) is 15.3. The molecule has 0 unspecified atom stereocenters. The van der Waals surface area contributed by atoms with Gasteiger partial charge in [-0.1, -0.05) is 71.1 Å². The van der Waals surface area contributed by atoms with Crippen LogP contribution in [0.25, 0.3) is 0 Å². The fourth-order valence-electron chi connectivity index (χ4n) is 2.28. The molecule has 0 aliphatic carbocycles. The Labute approximate surface area is 129 Å². The maximum absolute atomic E-state index is 11.4. The van der Waals surface area contributed by atoms with Crippen molar-refractivity contribution in [2.45, 2.75) is 84.0 Å². The van der Waals surface area contributed by atoms with Crippen LogP contribution < -0.4 is 5.73 Å². The number of esters is 1. The van der Waals surface area contributed by atoms with Gasteiger partial charge in [-0.2, -0.15) is 0 Å². The molecule has 4 nitrogen and oxygen atoms in total. The van der Waals surface area contributed by atoms with Gasteiger partial charge in [-0.3, -0.25) is 9.59 Å². The molecule has 0 aliphatic heterocycles. The van der Waals surface area contributed by atoms with Crippen molar-refractivity contribution in [3.63, 3.8) is 0 Å². The summed E-state index contributed by atoms with van der Waals surface area (Å²) in [4.78, 5) is 22.2. The topological polar surface area (TPSA) is 69.4 Å². The molecule has 0 heterocycles. The van der Waals surface area contributed by atoms with E-state index in [1.54, 1.807) is 0 Å². The van der Waals surface area contributed by atoms with Crippen molar-refractivity contribution in [2.24, 2.45) is 5.73 Å². The lowest BCUT2D eigenvalue weighted by Crippen LogP contribution is -2.20. The van der Waals surface area contributed by atoms with E-state index in [1.807, 2.05) is 0 Å². The Kier molecular flexibility index (Phi) is 14.8. The zero-order valence-electron chi connectivity index (χ0n) is 13.7. The number of rotatable bonds is 15. The summed E-state index contributed by atoms with van der Waals surface area (Å²) in [6, 6.07) is 0. The van der Waals surface area contributed by atoms with Crippen LogP contribution in [-0.4, -0.2) is 24.9 Å². The second-order valence-electron chi connectivity index (χ2n) is 5.69. The summed E-state index contributed by atoms with van der Waals surface area (Å²) in [6.07, 6.45) is 14.4. The first-order valence-corrected chi connectivity index (χ1v) is 8.58. The highest BCUT2D eigenvalue weighted by molar-refractivity contribution is 5.82. The van der Waals surface area contributed by atoms with E-state index in [4.69, 9.17) is 5.73 Å². The quantitative estimate of drug-likeness (QED) is 0.369. The number of Topliss-reactive ketones (excluding diaryl/α,β-unsaturated/α-hetero) is 1. The Bertz CT molecular complexity index is 267. The number of ether oxygens (including phenoxy) is 1. The minimum atomic E-state index is -0.512. The van der Waals surface area contributed by atoms with Gasteiger partial charge in [0, 0.05) is 6.42 Å². The molecule has 0 bridgehead atoms. The van der Waals surface area contributed by atoms with Gasteiger partial charge in [-0.25, -0.2) is 0 Å². The van der Waals surface area contributed by atoms with Crippen LogP contribution in [0.3, 0.4) is 0 Å². The summed E-state index contributed by atoms with van der Waals surface area (Å²) in [6.45, 7) is 1.96. The van der Waals surface area contributed by atoms with Gasteiger partial charge in [0.15, 0.2) is 5.78 Å². The van der Waals surface area contributed by atoms with Gasteiger partial charge in [0.2, 0.25) is 0 Å². The lowest BCUT2D eigenvalue weighted by Gasteiger charge is -2.03. The normalized spacial score (nSPS) is 10.6. The molecular weight excluding hydrogens is 266 g/mol. The Balaban J connectivity index is 3.18.